The second-order valence-electron chi connectivity index (χ2n) is 6.61. The molecule has 29 heavy (non-hydrogen) atoms. The lowest BCUT2D eigenvalue weighted by atomic mass is 10.1. The Balaban J connectivity index is 2.49. The molecule has 0 spiro atoms. The molecule has 2 rings (SSSR count). The number of carbonyl (C=O) groups is 1. The van der Waals surface area contributed by atoms with Crippen LogP contribution in [0.25, 0.3) is 0 Å². The summed E-state index contributed by atoms with van der Waals surface area (Å²) in [6.45, 7) is 4.92. The summed E-state index contributed by atoms with van der Waals surface area (Å²) in [5.41, 5.74) is 1.33. The van der Waals surface area contributed by atoms with Gasteiger partial charge in [0.2, 0.25) is 15.9 Å². The number of hydrogen-bond acceptors (Lipinski definition) is 5. The Morgan fingerprint density at radius 1 is 1.28 bits per heavy atom. The molecule has 8 nitrogen and oxygen atoms in total. The fraction of sp³-hybridized carbons (Fsp3) is 0.316. The van der Waals surface area contributed by atoms with Gasteiger partial charge in [0.1, 0.15) is 6.04 Å². The third kappa shape index (κ3) is 5.04. The van der Waals surface area contributed by atoms with Crippen LogP contribution in [0.2, 0.25) is 5.02 Å². The van der Waals surface area contributed by atoms with Crippen molar-refractivity contribution in [2.24, 2.45) is 0 Å². The highest BCUT2D eigenvalue weighted by Crippen LogP contribution is 2.30. The zero-order valence-corrected chi connectivity index (χ0v) is 18.0. The van der Waals surface area contributed by atoms with Gasteiger partial charge in [-0.15, -0.1) is 0 Å². The number of nitrogens with zero attached hydrogens (tertiary/aromatic N) is 2. The summed E-state index contributed by atoms with van der Waals surface area (Å²) in [5.74, 6) is -0.596. The van der Waals surface area contributed by atoms with Crippen molar-refractivity contribution >= 4 is 44.6 Å². The van der Waals surface area contributed by atoms with Crippen LogP contribution in [-0.4, -0.2) is 31.5 Å². The van der Waals surface area contributed by atoms with Gasteiger partial charge in [0, 0.05) is 11.1 Å². The number of rotatable bonds is 7. The van der Waals surface area contributed by atoms with Gasteiger partial charge < -0.3 is 5.32 Å². The van der Waals surface area contributed by atoms with Crippen molar-refractivity contribution in [3.8, 4) is 0 Å². The molecule has 2 aromatic carbocycles. The molecule has 0 bridgehead atoms. The normalized spacial score (nSPS) is 12.3. The van der Waals surface area contributed by atoms with E-state index in [1.807, 2.05) is 0 Å². The second kappa shape index (κ2) is 8.79. The highest BCUT2D eigenvalue weighted by Gasteiger charge is 2.33. The second-order valence-corrected chi connectivity index (χ2v) is 8.91. The highest BCUT2D eigenvalue weighted by atomic mass is 35.5. The van der Waals surface area contributed by atoms with E-state index in [2.05, 4.69) is 5.32 Å². The average molecular weight is 440 g/mol. The van der Waals surface area contributed by atoms with E-state index in [1.54, 1.807) is 26.0 Å². The first kappa shape index (κ1) is 22.6. The topological polar surface area (TPSA) is 110 Å². The molecule has 0 aliphatic rings. The molecule has 10 heteroatoms. The first-order chi connectivity index (χ1) is 13.5. The van der Waals surface area contributed by atoms with Crippen molar-refractivity contribution in [1.29, 1.82) is 0 Å². The molecule has 0 aliphatic heterocycles. The number of nitrogens with one attached hydrogen (secondary N) is 1. The smallest absolute Gasteiger partial charge is 0.274 e. The van der Waals surface area contributed by atoms with Gasteiger partial charge in [0.15, 0.2) is 0 Å². The van der Waals surface area contributed by atoms with Gasteiger partial charge in [-0.25, -0.2) is 8.42 Å². The lowest BCUT2D eigenvalue weighted by Crippen LogP contribution is -2.47. The largest absolute Gasteiger partial charge is 0.324 e. The molecule has 0 aromatic heterocycles. The maximum atomic E-state index is 13.0. The van der Waals surface area contributed by atoms with Crippen LogP contribution >= 0.6 is 11.6 Å². The van der Waals surface area contributed by atoms with Crippen molar-refractivity contribution in [3.63, 3.8) is 0 Å². The van der Waals surface area contributed by atoms with Crippen molar-refractivity contribution in [2.45, 2.75) is 33.2 Å². The molecule has 1 amide bonds. The average Bonchev–Trinajstić information content (AvgIpc) is 2.62. The lowest BCUT2D eigenvalue weighted by Gasteiger charge is -2.31. The van der Waals surface area contributed by atoms with E-state index in [-0.39, 0.29) is 23.4 Å². The molecule has 1 atom stereocenters. The van der Waals surface area contributed by atoms with Crippen LogP contribution < -0.4 is 9.62 Å². The number of amides is 1. The number of nitro benzene ring substituents is 1. The van der Waals surface area contributed by atoms with E-state index in [1.165, 1.54) is 31.2 Å². The minimum absolute atomic E-state index is 0.137. The van der Waals surface area contributed by atoms with Gasteiger partial charge in [-0.05, 0) is 44.0 Å². The van der Waals surface area contributed by atoms with E-state index in [9.17, 15) is 23.3 Å². The van der Waals surface area contributed by atoms with Crippen molar-refractivity contribution < 1.29 is 18.1 Å². The number of anilines is 2. The predicted molar refractivity (Wildman–Crippen MR) is 114 cm³/mol. The first-order valence-corrected chi connectivity index (χ1v) is 11.0. The maximum Gasteiger partial charge on any atom is 0.274 e. The Morgan fingerprint density at radius 2 is 1.93 bits per heavy atom. The van der Waals surface area contributed by atoms with Crippen molar-refractivity contribution in [3.05, 3.63) is 62.7 Å². The molecule has 1 N–H and O–H groups in total. The third-order valence-electron chi connectivity index (χ3n) is 4.50. The van der Waals surface area contributed by atoms with E-state index in [0.717, 1.165) is 10.6 Å². The van der Waals surface area contributed by atoms with E-state index in [0.29, 0.717) is 16.3 Å². The summed E-state index contributed by atoms with van der Waals surface area (Å²) in [7, 11) is -3.83. The summed E-state index contributed by atoms with van der Waals surface area (Å²) < 4.78 is 26.2. The highest BCUT2D eigenvalue weighted by molar-refractivity contribution is 7.92. The van der Waals surface area contributed by atoms with Gasteiger partial charge in [0.25, 0.3) is 5.69 Å². The monoisotopic (exact) mass is 439 g/mol. The maximum absolute atomic E-state index is 13.0. The molecule has 156 valence electrons. The predicted octanol–water partition coefficient (Wildman–Crippen LogP) is 4.05. The van der Waals surface area contributed by atoms with Crippen LogP contribution in [0, 0.1) is 24.0 Å². The Kier molecular flexibility index (Phi) is 6.86. The SMILES string of the molecule is CC[C@@H](C(=O)Nc1cccc([N+](=O)[O-])c1C)N(c1cc(Cl)ccc1C)S(C)(=O)=O. The lowest BCUT2D eigenvalue weighted by molar-refractivity contribution is -0.385. The first-order valence-electron chi connectivity index (χ1n) is 8.77. The Morgan fingerprint density at radius 3 is 2.48 bits per heavy atom. The molecule has 0 fully saturated rings. The van der Waals surface area contributed by atoms with Crippen LogP contribution in [0.5, 0.6) is 0 Å². The fourth-order valence-corrected chi connectivity index (χ4v) is 4.46. The number of hydrogen-bond donors (Lipinski definition) is 1. The van der Waals surface area contributed by atoms with Crippen LogP contribution in [0.4, 0.5) is 17.1 Å². The summed E-state index contributed by atoms with van der Waals surface area (Å²) in [6.07, 6.45) is 1.20. The van der Waals surface area contributed by atoms with Gasteiger partial charge in [-0.3, -0.25) is 19.2 Å². The molecule has 0 radical (unpaired) electrons. The number of carbonyl (C=O) groups excluding carboxylic acids is 1. The van der Waals surface area contributed by atoms with Crippen molar-refractivity contribution in [2.75, 3.05) is 15.9 Å². The summed E-state index contributed by atoms with van der Waals surface area (Å²) in [6, 6.07) is 8.05. The summed E-state index contributed by atoms with van der Waals surface area (Å²) in [4.78, 5) is 23.6. The summed E-state index contributed by atoms with van der Waals surface area (Å²) >= 11 is 6.05. The minimum atomic E-state index is -3.83. The number of nitro groups is 1. The Hall–Kier alpha value is -2.65. The Labute approximate surface area is 174 Å². The number of halogens is 1. The van der Waals surface area contributed by atoms with Crippen molar-refractivity contribution in [1.82, 2.24) is 0 Å². The van der Waals surface area contributed by atoms with E-state index >= 15 is 0 Å². The van der Waals surface area contributed by atoms with Crippen LogP contribution in [-0.2, 0) is 14.8 Å². The molecule has 2 aromatic rings. The van der Waals surface area contributed by atoms with Crippen LogP contribution in [0.1, 0.15) is 24.5 Å². The Bertz CT molecular complexity index is 1060. The van der Waals surface area contributed by atoms with E-state index < -0.39 is 26.9 Å². The zero-order valence-electron chi connectivity index (χ0n) is 16.5. The van der Waals surface area contributed by atoms with Crippen LogP contribution in [0.15, 0.2) is 36.4 Å². The fourth-order valence-electron chi connectivity index (χ4n) is 3.03. The van der Waals surface area contributed by atoms with Crippen LogP contribution in [0.3, 0.4) is 0 Å². The van der Waals surface area contributed by atoms with Gasteiger partial charge in [0.05, 0.1) is 28.1 Å². The van der Waals surface area contributed by atoms with Gasteiger partial charge in [-0.2, -0.15) is 0 Å². The molecule has 0 saturated carbocycles. The zero-order chi connectivity index (χ0) is 21.9. The third-order valence-corrected chi connectivity index (χ3v) is 5.90. The van der Waals surface area contributed by atoms with E-state index in [4.69, 9.17) is 11.6 Å². The number of aryl methyl sites for hydroxylation is 1. The molecular weight excluding hydrogens is 418 g/mol. The molecule has 0 saturated heterocycles. The van der Waals surface area contributed by atoms with Gasteiger partial charge >= 0.3 is 0 Å². The molecule has 0 aliphatic carbocycles. The quantitative estimate of drug-likeness (QED) is 0.517. The molecule has 0 heterocycles. The summed E-state index contributed by atoms with van der Waals surface area (Å²) in [5, 5.41) is 14.1. The van der Waals surface area contributed by atoms with Gasteiger partial charge in [-0.1, -0.05) is 30.7 Å². The number of sulfonamides is 1. The minimum Gasteiger partial charge on any atom is -0.324 e. The number of benzene rings is 2. The standard InChI is InChI=1S/C19H22ClN3O5S/c1-5-16(19(24)21-15-7-6-8-17(13(15)3)23(25)26)22(29(4,27)28)18-11-14(20)10-9-12(18)2/h6-11,16H,5H2,1-4H3,(H,21,24)/t16-/m0/s1. The molecular formula is C19H22ClN3O5S. The molecule has 0 unspecified atom stereocenters.